The lowest BCUT2D eigenvalue weighted by atomic mass is 10.2. The molecule has 0 unspecified atom stereocenters. The Morgan fingerprint density at radius 2 is 1.76 bits per heavy atom. The molecule has 0 aliphatic carbocycles. The smallest absolute Gasteiger partial charge is 0.453 e. The van der Waals surface area contributed by atoms with Gasteiger partial charge in [0.2, 0.25) is 11.2 Å². The van der Waals surface area contributed by atoms with Crippen molar-refractivity contribution in [2.45, 2.75) is 6.18 Å². The van der Waals surface area contributed by atoms with Gasteiger partial charge in [-0.15, -0.1) is 0 Å². The summed E-state index contributed by atoms with van der Waals surface area (Å²) in [5.74, 6) is -4.27. The minimum atomic E-state index is -5.07. The van der Waals surface area contributed by atoms with Crippen molar-refractivity contribution >= 4 is 22.9 Å². The summed E-state index contributed by atoms with van der Waals surface area (Å²) in [6, 6.07) is 8.45. The second-order valence-electron chi connectivity index (χ2n) is 6.62. The zero-order chi connectivity index (χ0) is 24.9. The van der Waals surface area contributed by atoms with E-state index in [1.165, 1.54) is 49.6 Å². The zero-order valence-corrected chi connectivity index (χ0v) is 17.6. The van der Waals surface area contributed by atoms with E-state index in [2.05, 4.69) is 11.3 Å². The SMILES string of the molecule is C=CCOC(=O)COc1ccc2c(=O)c(Oc3ccc(C(=O)OC)cc3)c(C(F)(F)F)oc2c1. The maximum atomic E-state index is 13.7. The predicted octanol–water partition coefficient (Wildman–Crippen LogP) is 4.50. The molecule has 0 aliphatic rings. The molecule has 178 valence electrons. The fourth-order valence-electron chi connectivity index (χ4n) is 2.76. The first-order valence-electron chi connectivity index (χ1n) is 9.57. The second-order valence-corrected chi connectivity index (χ2v) is 6.62. The highest BCUT2D eigenvalue weighted by Gasteiger charge is 2.40. The van der Waals surface area contributed by atoms with Crippen LogP contribution in [-0.2, 0) is 20.4 Å². The molecule has 0 amide bonds. The fourth-order valence-corrected chi connectivity index (χ4v) is 2.76. The third-order valence-corrected chi connectivity index (χ3v) is 4.29. The van der Waals surface area contributed by atoms with Gasteiger partial charge < -0.3 is 23.4 Å². The van der Waals surface area contributed by atoms with E-state index >= 15 is 0 Å². The zero-order valence-electron chi connectivity index (χ0n) is 17.6. The van der Waals surface area contributed by atoms with Crippen LogP contribution in [0.15, 0.2) is 64.3 Å². The number of hydrogen-bond donors (Lipinski definition) is 0. The molecule has 0 N–H and O–H groups in total. The van der Waals surface area contributed by atoms with Crippen LogP contribution in [0.2, 0.25) is 0 Å². The summed E-state index contributed by atoms with van der Waals surface area (Å²) in [7, 11) is 1.17. The molecule has 1 aromatic heterocycles. The van der Waals surface area contributed by atoms with Gasteiger partial charge in [-0.05, 0) is 36.4 Å². The van der Waals surface area contributed by atoms with Crippen molar-refractivity contribution < 1.29 is 46.1 Å². The van der Waals surface area contributed by atoms with Gasteiger partial charge in [-0.3, -0.25) is 4.79 Å². The normalized spacial score (nSPS) is 11.1. The van der Waals surface area contributed by atoms with Crippen LogP contribution >= 0.6 is 0 Å². The first kappa shape index (κ1) is 24.4. The Morgan fingerprint density at radius 3 is 2.38 bits per heavy atom. The number of methoxy groups -OCH3 is 1. The lowest BCUT2D eigenvalue weighted by Crippen LogP contribution is -2.16. The first-order valence-corrected chi connectivity index (χ1v) is 9.57. The molecule has 0 fully saturated rings. The summed E-state index contributed by atoms with van der Waals surface area (Å²) in [5, 5.41) is -0.212. The van der Waals surface area contributed by atoms with E-state index in [0.717, 1.165) is 6.07 Å². The molecule has 1 heterocycles. The summed E-state index contributed by atoms with van der Waals surface area (Å²) < 4.78 is 65.7. The molecule has 11 heteroatoms. The van der Waals surface area contributed by atoms with Crippen LogP contribution in [0, 0.1) is 0 Å². The molecule has 3 rings (SSSR count). The molecule has 0 spiro atoms. The summed E-state index contributed by atoms with van der Waals surface area (Å²) in [6.45, 7) is 2.84. The van der Waals surface area contributed by atoms with Crippen LogP contribution in [0.3, 0.4) is 0 Å². The Balaban J connectivity index is 1.96. The highest BCUT2D eigenvalue weighted by atomic mass is 19.4. The number of esters is 2. The molecular formula is C23H17F3O8. The first-order chi connectivity index (χ1) is 16.1. The molecule has 34 heavy (non-hydrogen) atoms. The predicted molar refractivity (Wildman–Crippen MR) is 112 cm³/mol. The van der Waals surface area contributed by atoms with E-state index in [1.54, 1.807) is 0 Å². The van der Waals surface area contributed by atoms with Crippen molar-refractivity contribution in [2.24, 2.45) is 0 Å². The Bertz CT molecular complexity index is 1280. The lowest BCUT2D eigenvalue weighted by molar-refractivity contribution is -0.154. The maximum Gasteiger partial charge on any atom is 0.453 e. The third-order valence-electron chi connectivity index (χ3n) is 4.29. The van der Waals surface area contributed by atoms with Crippen LogP contribution in [0.1, 0.15) is 16.1 Å². The van der Waals surface area contributed by atoms with Gasteiger partial charge in [0.15, 0.2) is 6.61 Å². The average molecular weight is 478 g/mol. The van der Waals surface area contributed by atoms with Crippen molar-refractivity contribution in [1.29, 1.82) is 0 Å². The number of rotatable bonds is 8. The van der Waals surface area contributed by atoms with Gasteiger partial charge in [0.05, 0.1) is 18.1 Å². The van der Waals surface area contributed by atoms with Gasteiger partial charge in [-0.25, -0.2) is 9.59 Å². The van der Waals surface area contributed by atoms with Gasteiger partial charge >= 0.3 is 18.1 Å². The molecule has 0 radical (unpaired) electrons. The van der Waals surface area contributed by atoms with Crippen LogP contribution in [0.4, 0.5) is 13.2 Å². The number of hydrogen-bond acceptors (Lipinski definition) is 8. The number of alkyl halides is 3. The Labute approximate surface area is 190 Å². The van der Waals surface area contributed by atoms with E-state index in [4.69, 9.17) is 18.6 Å². The molecule has 3 aromatic rings. The number of benzene rings is 2. The summed E-state index contributed by atoms with van der Waals surface area (Å²) in [4.78, 5) is 35.9. The fraction of sp³-hybridized carbons (Fsp3) is 0.174. The number of ether oxygens (including phenoxy) is 4. The van der Waals surface area contributed by atoms with Crippen molar-refractivity contribution in [3.05, 3.63) is 76.7 Å². The average Bonchev–Trinajstić information content (AvgIpc) is 2.82. The van der Waals surface area contributed by atoms with E-state index in [1.807, 2.05) is 0 Å². The standard InChI is InChI=1S/C23H17F3O8/c1-3-10-31-18(27)12-32-15-8-9-16-17(11-15)34-21(23(24,25)26)20(19(16)28)33-14-6-4-13(5-7-14)22(29)30-2/h3-9,11H,1,10,12H2,2H3. The van der Waals surface area contributed by atoms with Crippen LogP contribution in [0.5, 0.6) is 17.2 Å². The van der Waals surface area contributed by atoms with Gasteiger partial charge in [0.1, 0.15) is 23.7 Å². The topological polar surface area (TPSA) is 101 Å². The minimum absolute atomic E-state index is 0.0219. The maximum absolute atomic E-state index is 13.7. The van der Waals surface area contributed by atoms with Gasteiger partial charge in [0.25, 0.3) is 5.76 Å². The van der Waals surface area contributed by atoms with Crippen molar-refractivity contribution in [1.82, 2.24) is 0 Å². The number of carbonyl (C=O) groups excluding carboxylic acids is 2. The Kier molecular flexibility index (Phi) is 7.24. The van der Waals surface area contributed by atoms with E-state index in [9.17, 15) is 27.6 Å². The van der Waals surface area contributed by atoms with E-state index in [0.29, 0.717) is 0 Å². The molecule has 0 aliphatic heterocycles. The molecule has 2 aromatic carbocycles. The third kappa shape index (κ3) is 5.55. The quantitative estimate of drug-likeness (QED) is 0.345. The molecule has 0 atom stereocenters. The molecule has 0 saturated carbocycles. The second kappa shape index (κ2) is 10.1. The Hall–Kier alpha value is -4.28. The Morgan fingerprint density at radius 1 is 1.09 bits per heavy atom. The molecular weight excluding hydrogens is 461 g/mol. The summed E-state index contributed by atoms with van der Waals surface area (Å²) >= 11 is 0. The van der Waals surface area contributed by atoms with Crippen molar-refractivity contribution in [2.75, 3.05) is 20.3 Å². The lowest BCUT2D eigenvalue weighted by Gasteiger charge is -2.14. The van der Waals surface area contributed by atoms with Crippen LogP contribution in [0.25, 0.3) is 11.0 Å². The molecule has 0 saturated heterocycles. The number of halogens is 3. The van der Waals surface area contributed by atoms with Crippen LogP contribution in [-0.4, -0.2) is 32.3 Å². The summed E-state index contributed by atoms with van der Waals surface area (Å²) in [6.07, 6.45) is -3.71. The van der Waals surface area contributed by atoms with Crippen LogP contribution < -0.4 is 14.9 Å². The highest BCUT2D eigenvalue weighted by Crippen LogP contribution is 2.38. The van der Waals surface area contributed by atoms with Crippen molar-refractivity contribution in [3.8, 4) is 17.2 Å². The number of fused-ring (bicyclic) bond motifs is 1. The van der Waals surface area contributed by atoms with Gasteiger partial charge in [-0.1, -0.05) is 12.7 Å². The van der Waals surface area contributed by atoms with Gasteiger partial charge in [-0.2, -0.15) is 13.2 Å². The van der Waals surface area contributed by atoms with Crippen molar-refractivity contribution in [3.63, 3.8) is 0 Å². The molecule has 8 nitrogen and oxygen atoms in total. The number of carbonyl (C=O) groups is 2. The monoisotopic (exact) mass is 478 g/mol. The minimum Gasteiger partial charge on any atom is -0.482 e. The highest BCUT2D eigenvalue weighted by molar-refractivity contribution is 5.89. The van der Waals surface area contributed by atoms with E-state index < -0.39 is 47.2 Å². The largest absolute Gasteiger partial charge is 0.482 e. The van der Waals surface area contributed by atoms with Gasteiger partial charge in [0, 0.05) is 6.07 Å². The van der Waals surface area contributed by atoms with E-state index in [-0.39, 0.29) is 29.1 Å². The molecule has 0 bridgehead atoms. The summed E-state index contributed by atoms with van der Waals surface area (Å²) in [5.41, 5.74) is -1.37.